The van der Waals surface area contributed by atoms with Crippen molar-refractivity contribution in [1.29, 1.82) is 0 Å². The van der Waals surface area contributed by atoms with E-state index in [1.54, 1.807) is 0 Å². The largest absolute Gasteiger partial charge is 0.652 e. The molecule has 1 aromatic carbocycles. The number of hydrogen-bond donors (Lipinski definition) is 0. The fraction of sp³-hybridized carbons (Fsp3) is 0.143. The highest BCUT2D eigenvalue weighted by molar-refractivity contribution is 6.46. The van der Waals surface area contributed by atoms with Crippen LogP contribution >= 0.6 is 0 Å². The molecule has 0 fully saturated rings. The highest BCUT2D eigenvalue weighted by Gasteiger charge is 1.96. The maximum absolute atomic E-state index is 12.0. The average molecular weight is 134 g/mol. The van der Waals surface area contributed by atoms with Crippen molar-refractivity contribution < 1.29 is 2.96 Å². The first-order valence-corrected chi connectivity index (χ1v) is 4.18. The topological polar surface area (TPSA) is 0 Å². The number of halogens is 1. The van der Waals surface area contributed by atoms with Crippen molar-refractivity contribution >= 4 is 24.6 Å². The molecule has 0 atom stereocenters. The number of rotatable bonds is 1. The van der Waals surface area contributed by atoms with Crippen molar-refractivity contribution in [2.75, 3.05) is 0 Å². The summed E-state index contributed by atoms with van der Waals surface area (Å²) >= 11 is -1.43. The lowest BCUT2D eigenvalue weighted by Gasteiger charge is -1.93. The van der Waals surface area contributed by atoms with Crippen molar-refractivity contribution in [3.05, 3.63) is 29.8 Å². The quantitative estimate of drug-likeness (QED) is 0.507. The summed E-state index contributed by atoms with van der Waals surface area (Å²) < 4.78 is 12.9. The van der Waals surface area contributed by atoms with Gasteiger partial charge < -0.3 is 2.96 Å². The fourth-order valence-electron chi connectivity index (χ4n) is 0.795. The Balaban J connectivity index is 2.94. The zero-order valence-corrected chi connectivity index (χ0v) is 6.81. The zero-order chi connectivity index (χ0) is 6.69. The number of aryl methyl sites for hydroxylation is 1. The van der Waals surface area contributed by atoms with Gasteiger partial charge in [0.2, 0.25) is 0 Å². The smallest absolute Gasteiger partial charge is 0.475 e. The van der Waals surface area contributed by atoms with Gasteiger partial charge in [-0.1, -0.05) is 29.8 Å². The number of hydrogen-bond acceptors (Lipinski definition) is 0. The molecule has 0 unspecified atom stereocenters. The van der Waals surface area contributed by atoms with Gasteiger partial charge in [0.05, 0.1) is 0 Å². The Hall–Kier alpha value is -0.0838. The second-order valence-corrected chi connectivity index (χ2v) is 3.21. The van der Waals surface area contributed by atoms with Gasteiger partial charge >= 0.3 is 20.9 Å². The maximum atomic E-state index is 12.0. The minimum Gasteiger partial charge on any atom is -0.475 e. The van der Waals surface area contributed by atoms with Crippen molar-refractivity contribution in [1.82, 2.24) is 0 Å². The molecule has 0 N–H and O–H groups in total. The van der Waals surface area contributed by atoms with Gasteiger partial charge in [-0.15, -0.1) is 3.69 Å². The first-order chi connectivity index (χ1) is 4.33. The van der Waals surface area contributed by atoms with Gasteiger partial charge in [-0.3, -0.25) is 0 Å². The first-order valence-electron chi connectivity index (χ1n) is 2.94. The van der Waals surface area contributed by atoms with Gasteiger partial charge in [0.1, 0.15) is 0 Å². The second-order valence-electron chi connectivity index (χ2n) is 2.12. The highest BCUT2D eigenvalue weighted by Crippen LogP contribution is 1.91. The second kappa shape index (κ2) is 3.18. The molecule has 2 heteroatoms. The predicted octanol–water partition coefficient (Wildman–Crippen LogP) is 1.21. The summed E-state index contributed by atoms with van der Waals surface area (Å²) in [5, 5.41) is 0. The van der Waals surface area contributed by atoms with Crippen LogP contribution in [0, 0.1) is 6.92 Å². The first kappa shape index (κ1) is 7.03. The fourth-order valence-corrected chi connectivity index (χ4v) is 1.42. The molecular formula is C7H7FMg. The number of benzene rings is 1. The minimum absolute atomic E-state index is 0.898. The van der Waals surface area contributed by atoms with Crippen LogP contribution in [0.25, 0.3) is 0 Å². The molecule has 0 aliphatic heterocycles. The Morgan fingerprint density at radius 2 is 2.22 bits per heavy atom. The van der Waals surface area contributed by atoms with Crippen molar-refractivity contribution in [3.8, 4) is 0 Å². The maximum Gasteiger partial charge on any atom is 0.652 e. The summed E-state index contributed by atoms with van der Waals surface area (Å²) in [4.78, 5) is 0. The lowest BCUT2D eigenvalue weighted by atomic mass is 10.2. The van der Waals surface area contributed by atoms with Crippen LogP contribution in [-0.2, 0) is 0 Å². The summed E-state index contributed by atoms with van der Waals surface area (Å²) in [6.45, 7) is 1.98. The van der Waals surface area contributed by atoms with E-state index in [9.17, 15) is 2.96 Å². The summed E-state index contributed by atoms with van der Waals surface area (Å²) in [6, 6.07) is 7.64. The Morgan fingerprint density at radius 3 is 2.67 bits per heavy atom. The minimum atomic E-state index is -1.43. The van der Waals surface area contributed by atoms with Crippen molar-refractivity contribution in [2.24, 2.45) is 0 Å². The molecule has 0 saturated heterocycles. The van der Waals surface area contributed by atoms with E-state index in [-0.39, 0.29) is 0 Å². The zero-order valence-electron chi connectivity index (χ0n) is 5.39. The molecule has 1 rings (SSSR count). The van der Waals surface area contributed by atoms with Crippen molar-refractivity contribution in [3.63, 3.8) is 0 Å². The van der Waals surface area contributed by atoms with Gasteiger partial charge in [0, 0.05) is 0 Å². The molecule has 0 amide bonds. The average Bonchev–Trinajstić information content (AvgIpc) is 1.88. The summed E-state index contributed by atoms with van der Waals surface area (Å²) in [5.74, 6) is 0. The van der Waals surface area contributed by atoms with E-state index in [0.29, 0.717) is 0 Å². The molecule has 0 radical (unpaired) electrons. The molecule has 9 heavy (non-hydrogen) atoms. The van der Waals surface area contributed by atoms with E-state index in [4.69, 9.17) is 0 Å². The Morgan fingerprint density at radius 1 is 1.44 bits per heavy atom. The normalized spacial score (nSPS) is 8.67. The third kappa shape index (κ3) is 1.95. The summed E-state index contributed by atoms with van der Waals surface area (Å²) in [5.41, 5.74) is 1.15. The summed E-state index contributed by atoms with van der Waals surface area (Å²) in [7, 11) is 0. The van der Waals surface area contributed by atoms with Gasteiger partial charge in [-0.2, -0.15) is 0 Å². The third-order valence-electron chi connectivity index (χ3n) is 1.24. The van der Waals surface area contributed by atoms with E-state index >= 15 is 0 Å². The lowest BCUT2D eigenvalue weighted by molar-refractivity contribution is 0.884. The molecule has 0 aliphatic rings. The molecule has 44 valence electrons. The van der Waals surface area contributed by atoms with E-state index in [0.717, 1.165) is 9.26 Å². The molecule has 0 aromatic heterocycles. The highest BCUT2D eigenvalue weighted by atomic mass is 24.6. The summed E-state index contributed by atoms with van der Waals surface area (Å²) in [6.07, 6.45) is 0. The third-order valence-corrected chi connectivity index (χ3v) is 1.99. The van der Waals surface area contributed by atoms with Gasteiger partial charge in [0.15, 0.2) is 0 Å². The van der Waals surface area contributed by atoms with Crippen LogP contribution in [0.15, 0.2) is 24.3 Å². The lowest BCUT2D eigenvalue weighted by Crippen LogP contribution is -2.08. The Kier molecular flexibility index (Phi) is 2.48. The molecule has 0 saturated carbocycles. The van der Waals surface area contributed by atoms with E-state index < -0.39 is 20.9 Å². The molecule has 0 spiro atoms. The van der Waals surface area contributed by atoms with Crippen LogP contribution in [-0.4, -0.2) is 20.9 Å². The Bertz CT molecular complexity index is 198. The van der Waals surface area contributed by atoms with E-state index in [1.807, 2.05) is 31.2 Å². The van der Waals surface area contributed by atoms with Gasteiger partial charge in [-0.05, 0) is 6.92 Å². The Labute approximate surface area is 64.5 Å². The van der Waals surface area contributed by atoms with Crippen LogP contribution in [0.1, 0.15) is 5.56 Å². The predicted molar refractivity (Wildman–Crippen MR) is 37.7 cm³/mol. The van der Waals surface area contributed by atoms with Gasteiger partial charge in [0.25, 0.3) is 0 Å². The van der Waals surface area contributed by atoms with Crippen LogP contribution in [0.2, 0.25) is 0 Å². The molecule has 0 aliphatic carbocycles. The molecular weight excluding hydrogens is 127 g/mol. The van der Waals surface area contributed by atoms with E-state index in [2.05, 4.69) is 0 Å². The standard InChI is InChI=1S/C7H7.FH.Mg/c1-7-5-3-2-4-6-7;;/h2-3,5-6H,1H3;1H;/q;;+1/p-1. The molecule has 0 bridgehead atoms. The van der Waals surface area contributed by atoms with Crippen LogP contribution in [0.5, 0.6) is 0 Å². The monoisotopic (exact) mass is 134 g/mol. The molecule has 0 nitrogen and oxygen atoms in total. The molecule has 1 aromatic rings. The SMILES string of the molecule is Cc1ccc[c]([Mg][F])c1. The van der Waals surface area contributed by atoms with Crippen molar-refractivity contribution in [2.45, 2.75) is 6.92 Å². The molecule has 0 heterocycles. The van der Waals surface area contributed by atoms with Crippen LogP contribution in [0.4, 0.5) is 2.96 Å². The van der Waals surface area contributed by atoms with Gasteiger partial charge in [-0.25, -0.2) is 0 Å². The van der Waals surface area contributed by atoms with Crippen LogP contribution < -0.4 is 3.69 Å². The van der Waals surface area contributed by atoms with Crippen LogP contribution in [0.3, 0.4) is 0 Å². The van der Waals surface area contributed by atoms with E-state index in [1.165, 1.54) is 0 Å².